The minimum Gasteiger partial charge on any atom is -0.488 e. The Morgan fingerprint density at radius 2 is 1.90 bits per heavy atom. The van der Waals surface area contributed by atoms with Crippen LogP contribution in [0.3, 0.4) is 0 Å². The molecule has 4 rings (SSSR count). The molecule has 0 saturated carbocycles. The van der Waals surface area contributed by atoms with Gasteiger partial charge in [-0.05, 0) is 24.3 Å². The summed E-state index contributed by atoms with van der Waals surface area (Å²) in [5, 5.41) is 0.529. The highest BCUT2D eigenvalue weighted by atomic mass is 35.5. The van der Waals surface area contributed by atoms with Gasteiger partial charge in [-0.15, -0.1) is 0 Å². The minimum absolute atomic E-state index is 0.0553. The molecule has 0 atom stereocenters. The number of pyridine rings is 1. The van der Waals surface area contributed by atoms with Crippen LogP contribution in [0.1, 0.15) is 21.5 Å². The number of rotatable bonds is 5. The molecule has 2 aromatic heterocycles. The number of carbonyl (C=O) groups excluding carboxylic acids is 1. The lowest BCUT2D eigenvalue weighted by atomic mass is 10.1. The summed E-state index contributed by atoms with van der Waals surface area (Å²) >= 11 is 5.99. The molecule has 9 heteroatoms. The topological polar surface area (TPSA) is 69.6 Å². The van der Waals surface area contributed by atoms with Gasteiger partial charge in [0, 0.05) is 28.4 Å². The van der Waals surface area contributed by atoms with Crippen LogP contribution in [-0.2, 0) is 12.8 Å². The number of nitrogens with two attached hydrogens (primary N) is 1. The Balaban J connectivity index is 1.71. The molecule has 2 N–H and O–H groups in total. The van der Waals surface area contributed by atoms with Crippen LogP contribution in [0.4, 0.5) is 13.2 Å². The number of imidazole rings is 1. The van der Waals surface area contributed by atoms with Crippen LogP contribution in [0, 0.1) is 0 Å². The van der Waals surface area contributed by atoms with E-state index in [0.29, 0.717) is 21.9 Å². The van der Waals surface area contributed by atoms with E-state index in [1.165, 1.54) is 24.3 Å². The van der Waals surface area contributed by atoms with Crippen LogP contribution in [0.15, 0.2) is 67.0 Å². The van der Waals surface area contributed by atoms with E-state index in [4.69, 9.17) is 22.1 Å². The Hall–Kier alpha value is -3.52. The summed E-state index contributed by atoms with van der Waals surface area (Å²) < 4.78 is 47.2. The van der Waals surface area contributed by atoms with Crippen molar-refractivity contribution in [1.82, 2.24) is 9.38 Å². The second-order valence-corrected chi connectivity index (χ2v) is 7.17. The normalized spacial score (nSPS) is 11.6. The summed E-state index contributed by atoms with van der Waals surface area (Å²) in [6.07, 6.45) is -1.16. The Kier molecular flexibility index (Phi) is 5.32. The molecule has 0 radical (unpaired) electrons. The third-order valence-corrected chi connectivity index (χ3v) is 4.96. The molecule has 2 aromatic carbocycles. The maximum atomic E-state index is 13.3. The fourth-order valence-electron chi connectivity index (χ4n) is 3.25. The van der Waals surface area contributed by atoms with Crippen molar-refractivity contribution in [3.05, 3.63) is 88.7 Å². The largest absolute Gasteiger partial charge is 0.488 e. The lowest BCUT2D eigenvalue weighted by Gasteiger charge is -2.15. The van der Waals surface area contributed by atoms with E-state index in [1.54, 1.807) is 41.1 Å². The standard InChI is InChI=1S/C22H15ClF3N3O2/c23-15-7-8-29-18(11-28-20(29)10-15)13-5-6-16(21(27)30)19(9-13)31-12-14-3-1-2-4-17(14)22(24,25)26/h1-11H,12H2,(H2,27,30). The quantitative estimate of drug-likeness (QED) is 0.450. The number of halogens is 4. The number of nitrogens with zero attached hydrogens (tertiary/aromatic N) is 2. The SMILES string of the molecule is NC(=O)c1ccc(-c2cnc3cc(Cl)ccn23)cc1OCc1ccccc1C(F)(F)F. The minimum atomic E-state index is -4.52. The molecule has 4 aromatic rings. The van der Waals surface area contributed by atoms with Crippen LogP contribution in [-0.4, -0.2) is 15.3 Å². The van der Waals surface area contributed by atoms with E-state index in [9.17, 15) is 18.0 Å². The van der Waals surface area contributed by atoms with Crippen LogP contribution in [0.2, 0.25) is 5.02 Å². The Morgan fingerprint density at radius 3 is 2.65 bits per heavy atom. The third-order valence-electron chi connectivity index (χ3n) is 4.72. The molecule has 0 spiro atoms. The molecule has 0 aliphatic heterocycles. The summed E-state index contributed by atoms with van der Waals surface area (Å²) in [6.45, 7) is -0.387. The number of amides is 1. The average molecular weight is 446 g/mol. The first kappa shape index (κ1) is 20.7. The van der Waals surface area contributed by atoms with Crippen LogP contribution < -0.4 is 10.5 Å². The summed E-state index contributed by atoms with van der Waals surface area (Å²) in [7, 11) is 0. The third kappa shape index (κ3) is 4.20. The molecule has 31 heavy (non-hydrogen) atoms. The van der Waals surface area contributed by atoms with Crippen molar-refractivity contribution < 1.29 is 22.7 Å². The van der Waals surface area contributed by atoms with Gasteiger partial charge >= 0.3 is 6.18 Å². The van der Waals surface area contributed by atoms with Crippen LogP contribution >= 0.6 is 11.6 Å². The van der Waals surface area contributed by atoms with Crippen molar-refractivity contribution in [3.63, 3.8) is 0 Å². The van der Waals surface area contributed by atoms with Gasteiger partial charge in [0.25, 0.3) is 5.91 Å². The maximum absolute atomic E-state index is 13.3. The van der Waals surface area contributed by atoms with Crippen molar-refractivity contribution in [2.45, 2.75) is 12.8 Å². The van der Waals surface area contributed by atoms with Gasteiger partial charge in [-0.1, -0.05) is 35.9 Å². The first-order valence-corrected chi connectivity index (χ1v) is 9.46. The number of carbonyl (C=O) groups is 1. The van der Waals surface area contributed by atoms with Crippen molar-refractivity contribution >= 4 is 23.2 Å². The smallest absolute Gasteiger partial charge is 0.416 e. The van der Waals surface area contributed by atoms with Gasteiger partial charge < -0.3 is 10.5 Å². The van der Waals surface area contributed by atoms with Crippen molar-refractivity contribution in [1.29, 1.82) is 0 Å². The lowest BCUT2D eigenvalue weighted by molar-refractivity contribution is -0.138. The Bertz CT molecular complexity index is 1280. The Labute approximate surface area is 179 Å². The zero-order valence-electron chi connectivity index (χ0n) is 15.9. The summed E-state index contributed by atoms with van der Waals surface area (Å²) in [5.74, 6) is -0.679. The molecule has 0 fully saturated rings. The fourth-order valence-corrected chi connectivity index (χ4v) is 3.41. The first-order valence-electron chi connectivity index (χ1n) is 9.09. The van der Waals surface area contributed by atoms with E-state index in [0.717, 1.165) is 6.07 Å². The number of hydrogen-bond acceptors (Lipinski definition) is 3. The van der Waals surface area contributed by atoms with E-state index in [2.05, 4.69) is 4.98 Å². The molecule has 158 valence electrons. The van der Waals surface area contributed by atoms with Gasteiger partial charge in [0.1, 0.15) is 18.0 Å². The monoisotopic (exact) mass is 445 g/mol. The van der Waals surface area contributed by atoms with Crippen LogP contribution in [0.5, 0.6) is 5.75 Å². The Morgan fingerprint density at radius 1 is 1.13 bits per heavy atom. The van der Waals surface area contributed by atoms with Crippen molar-refractivity contribution in [2.75, 3.05) is 0 Å². The number of benzene rings is 2. The van der Waals surface area contributed by atoms with E-state index >= 15 is 0 Å². The average Bonchev–Trinajstić information content (AvgIpc) is 3.14. The number of aromatic nitrogens is 2. The van der Waals surface area contributed by atoms with Crippen molar-refractivity contribution in [2.24, 2.45) is 5.73 Å². The van der Waals surface area contributed by atoms with Gasteiger partial charge in [-0.25, -0.2) is 4.98 Å². The number of hydrogen-bond donors (Lipinski definition) is 1. The highest BCUT2D eigenvalue weighted by molar-refractivity contribution is 6.30. The molecule has 5 nitrogen and oxygen atoms in total. The van der Waals surface area contributed by atoms with Crippen LogP contribution in [0.25, 0.3) is 16.9 Å². The molecule has 0 aliphatic rings. The molecule has 0 bridgehead atoms. The number of ether oxygens (including phenoxy) is 1. The molecular formula is C22H15ClF3N3O2. The number of fused-ring (bicyclic) bond motifs is 1. The lowest BCUT2D eigenvalue weighted by Crippen LogP contribution is -2.14. The summed E-state index contributed by atoms with van der Waals surface area (Å²) in [6, 6.07) is 13.2. The van der Waals surface area contributed by atoms with Gasteiger partial charge in [0.2, 0.25) is 0 Å². The van der Waals surface area contributed by atoms with E-state index in [1.807, 2.05) is 0 Å². The highest BCUT2D eigenvalue weighted by Crippen LogP contribution is 2.33. The first-order chi connectivity index (χ1) is 14.7. The van der Waals surface area contributed by atoms with Gasteiger partial charge in [0.15, 0.2) is 0 Å². The van der Waals surface area contributed by atoms with Gasteiger partial charge in [-0.2, -0.15) is 13.2 Å². The predicted molar refractivity (Wildman–Crippen MR) is 110 cm³/mol. The molecule has 0 aliphatic carbocycles. The predicted octanol–water partition coefficient (Wildman–Crippen LogP) is 5.35. The number of primary amides is 1. The molecular weight excluding hydrogens is 431 g/mol. The van der Waals surface area contributed by atoms with Gasteiger partial charge in [0.05, 0.1) is 23.0 Å². The highest BCUT2D eigenvalue weighted by Gasteiger charge is 2.33. The second kappa shape index (κ2) is 7.96. The molecule has 0 unspecified atom stereocenters. The van der Waals surface area contributed by atoms with Crippen molar-refractivity contribution in [3.8, 4) is 17.0 Å². The number of alkyl halides is 3. The summed E-state index contributed by atoms with van der Waals surface area (Å²) in [4.78, 5) is 16.1. The summed E-state index contributed by atoms with van der Waals surface area (Å²) in [5.41, 5.74) is 6.57. The molecule has 0 saturated heterocycles. The molecule has 2 heterocycles. The second-order valence-electron chi connectivity index (χ2n) is 6.74. The van der Waals surface area contributed by atoms with E-state index < -0.39 is 17.6 Å². The zero-order chi connectivity index (χ0) is 22.2. The molecule has 1 amide bonds. The fraction of sp³-hybridized carbons (Fsp3) is 0.0909. The van der Waals surface area contributed by atoms with Gasteiger partial charge in [-0.3, -0.25) is 9.20 Å². The van der Waals surface area contributed by atoms with E-state index in [-0.39, 0.29) is 23.5 Å². The zero-order valence-corrected chi connectivity index (χ0v) is 16.6. The maximum Gasteiger partial charge on any atom is 0.416 e.